The lowest BCUT2D eigenvalue weighted by molar-refractivity contribution is 0.0698. The topological polar surface area (TPSA) is 118 Å². The highest BCUT2D eigenvalue weighted by molar-refractivity contribution is 5.94. The van der Waals surface area contributed by atoms with Gasteiger partial charge in [0.05, 0.1) is 17.0 Å². The molecular formula is C28H27N3O4. The maximum Gasteiger partial charge on any atom is 0.337 e. The molecule has 0 saturated heterocycles. The van der Waals surface area contributed by atoms with Gasteiger partial charge in [0.15, 0.2) is 5.43 Å². The number of nitrogens with zero attached hydrogens (tertiary/aromatic N) is 1. The number of nitrogens with one attached hydrogen (secondary N) is 1. The third-order valence-electron chi connectivity index (χ3n) is 5.96. The number of anilines is 2. The number of carboxylic acid groups (broad SMARTS) is 1. The highest BCUT2D eigenvalue weighted by Gasteiger charge is 2.19. The molecule has 178 valence electrons. The minimum Gasteiger partial charge on any atom is -0.478 e. The lowest BCUT2D eigenvalue weighted by Crippen LogP contribution is -2.13. The van der Waals surface area contributed by atoms with Crippen LogP contribution in [-0.4, -0.2) is 24.3 Å². The van der Waals surface area contributed by atoms with Gasteiger partial charge in [-0.2, -0.15) is 0 Å². The predicted octanol–water partition coefficient (Wildman–Crippen LogP) is 5.52. The Morgan fingerprint density at radius 3 is 2.66 bits per heavy atom. The summed E-state index contributed by atoms with van der Waals surface area (Å²) in [5.41, 5.74) is 10.8. The third-order valence-corrected chi connectivity index (χ3v) is 5.96. The van der Waals surface area contributed by atoms with Gasteiger partial charge in [-0.05, 0) is 61.4 Å². The number of carboxylic acids is 1. The first-order chi connectivity index (χ1) is 16.8. The number of para-hydroxylation sites is 1. The van der Waals surface area contributed by atoms with Gasteiger partial charge in [-0.1, -0.05) is 19.1 Å². The number of nitrogen functional groups attached to an aromatic ring is 1. The lowest BCUT2D eigenvalue weighted by Gasteiger charge is -2.19. The zero-order valence-electron chi connectivity index (χ0n) is 19.8. The van der Waals surface area contributed by atoms with E-state index in [-0.39, 0.29) is 17.0 Å². The summed E-state index contributed by atoms with van der Waals surface area (Å²) in [5, 5.41) is 13.3. The molecule has 0 spiro atoms. The smallest absolute Gasteiger partial charge is 0.337 e. The molecule has 4 N–H and O–H groups in total. The number of aliphatic imine (C=N–C) groups is 1. The highest BCUT2D eigenvalue weighted by Crippen LogP contribution is 2.32. The first-order valence-electron chi connectivity index (χ1n) is 11.3. The van der Waals surface area contributed by atoms with Crippen LogP contribution >= 0.6 is 0 Å². The maximum absolute atomic E-state index is 13.2. The Morgan fingerprint density at radius 2 is 1.94 bits per heavy atom. The van der Waals surface area contributed by atoms with Crippen LogP contribution in [0.3, 0.4) is 0 Å². The molecule has 0 aliphatic rings. The second-order valence-electron chi connectivity index (χ2n) is 8.34. The molecule has 7 heteroatoms. The van der Waals surface area contributed by atoms with E-state index in [2.05, 4.69) is 10.3 Å². The maximum atomic E-state index is 13.2. The van der Waals surface area contributed by atoms with E-state index in [0.29, 0.717) is 33.7 Å². The minimum absolute atomic E-state index is 0.154. The fourth-order valence-electron chi connectivity index (χ4n) is 4.10. The van der Waals surface area contributed by atoms with Crippen LogP contribution in [0.5, 0.6) is 0 Å². The summed E-state index contributed by atoms with van der Waals surface area (Å²) in [7, 11) is 1.66. The number of nitrogens with two attached hydrogens (primary N) is 1. The quantitative estimate of drug-likeness (QED) is 0.242. The third kappa shape index (κ3) is 4.80. The van der Waals surface area contributed by atoms with Crippen LogP contribution in [0.4, 0.5) is 11.4 Å². The monoisotopic (exact) mass is 469 g/mol. The van der Waals surface area contributed by atoms with Crippen molar-refractivity contribution >= 4 is 34.5 Å². The largest absolute Gasteiger partial charge is 0.478 e. The summed E-state index contributed by atoms with van der Waals surface area (Å²) in [5.74, 6) is -0.604. The normalized spacial score (nSPS) is 12.2. The first-order valence-corrected chi connectivity index (χ1v) is 11.3. The number of hydrogen-bond acceptors (Lipinski definition) is 6. The van der Waals surface area contributed by atoms with E-state index in [1.54, 1.807) is 49.7 Å². The van der Waals surface area contributed by atoms with Crippen LogP contribution in [0.2, 0.25) is 0 Å². The van der Waals surface area contributed by atoms with Crippen molar-refractivity contribution in [3.8, 4) is 11.3 Å². The Kier molecular flexibility index (Phi) is 6.68. The van der Waals surface area contributed by atoms with E-state index in [1.165, 1.54) is 6.07 Å². The number of aryl methyl sites for hydroxylation is 1. The molecule has 0 aliphatic heterocycles. The number of rotatable bonds is 7. The van der Waals surface area contributed by atoms with Crippen LogP contribution in [0.1, 0.15) is 46.9 Å². The van der Waals surface area contributed by atoms with Crippen molar-refractivity contribution in [3.63, 3.8) is 0 Å². The number of hydrogen-bond donors (Lipinski definition) is 3. The van der Waals surface area contributed by atoms with E-state index in [1.807, 2.05) is 32.0 Å². The van der Waals surface area contributed by atoms with Gasteiger partial charge >= 0.3 is 5.97 Å². The zero-order chi connectivity index (χ0) is 25.1. The van der Waals surface area contributed by atoms with Crippen molar-refractivity contribution in [2.75, 3.05) is 18.1 Å². The van der Waals surface area contributed by atoms with Gasteiger partial charge in [0.1, 0.15) is 11.3 Å². The van der Waals surface area contributed by atoms with Crippen LogP contribution in [0.15, 0.2) is 74.9 Å². The second-order valence-corrected chi connectivity index (χ2v) is 8.34. The molecule has 1 heterocycles. The van der Waals surface area contributed by atoms with Gasteiger partial charge in [-0.25, -0.2) is 4.79 Å². The summed E-state index contributed by atoms with van der Waals surface area (Å²) < 4.78 is 6.33. The number of fused-ring (bicyclic) bond motifs is 1. The molecule has 1 atom stereocenters. The molecule has 0 radical (unpaired) electrons. The van der Waals surface area contributed by atoms with E-state index in [0.717, 1.165) is 23.1 Å². The molecule has 3 aromatic carbocycles. The molecule has 35 heavy (non-hydrogen) atoms. The standard InChI is InChI=1S/C28H27N3O4/c1-4-17-11-21(16(2)31-24-8-6-5-7-20(24)28(33)34)27-22(12-17)25(32)14-26(35-27)18-9-10-23(29)19(13-18)15-30-3/h5-16,31H,4,29H2,1-3H3,(H,33,34). The van der Waals surface area contributed by atoms with Crippen LogP contribution in [0, 0.1) is 0 Å². The van der Waals surface area contributed by atoms with Crippen molar-refractivity contribution in [1.29, 1.82) is 0 Å². The molecule has 4 rings (SSSR count). The van der Waals surface area contributed by atoms with Crippen molar-refractivity contribution < 1.29 is 14.3 Å². The van der Waals surface area contributed by atoms with Gasteiger partial charge in [0.25, 0.3) is 0 Å². The van der Waals surface area contributed by atoms with E-state index >= 15 is 0 Å². The summed E-state index contributed by atoms with van der Waals surface area (Å²) in [6.07, 6.45) is 2.39. The summed E-state index contributed by atoms with van der Waals surface area (Å²) >= 11 is 0. The summed E-state index contributed by atoms with van der Waals surface area (Å²) in [6, 6.07) is 17.1. The van der Waals surface area contributed by atoms with E-state index in [4.69, 9.17) is 10.2 Å². The second kappa shape index (κ2) is 9.85. The van der Waals surface area contributed by atoms with E-state index < -0.39 is 5.97 Å². The fraction of sp³-hybridized carbons (Fsp3) is 0.179. The van der Waals surface area contributed by atoms with Crippen LogP contribution in [0.25, 0.3) is 22.3 Å². The van der Waals surface area contributed by atoms with Gasteiger partial charge in [-0.3, -0.25) is 9.79 Å². The Balaban J connectivity index is 1.88. The highest BCUT2D eigenvalue weighted by atomic mass is 16.4. The molecule has 1 unspecified atom stereocenters. The molecule has 0 saturated carbocycles. The van der Waals surface area contributed by atoms with Gasteiger partial charge in [-0.15, -0.1) is 0 Å². The zero-order valence-corrected chi connectivity index (χ0v) is 19.8. The lowest BCUT2D eigenvalue weighted by atomic mass is 9.98. The van der Waals surface area contributed by atoms with Crippen LogP contribution in [-0.2, 0) is 6.42 Å². The summed E-state index contributed by atoms with van der Waals surface area (Å²) in [6.45, 7) is 3.93. The molecule has 4 aromatic rings. The molecular weight excluding hydrogens is 442 g/mol. The molecule has 0 aliphatic carbocycles. The van der Waals surface area contributed by atoms with Crippen molar-refractivity contribution in [2.45, 2.75) is 26.3 Å². The molecule has 1 aromatic heterocycles. The Morgan fingerprint density at radius 1 is 1.17 bits per heavy atom. The first kappa shape index (κ1) is 23.8. The molecule has 7 nitrogen and oxygen atoms in total. The summed E-state index contributed by atoms with van der Waals surface area (Å²) in [4.78, 5) is 28.9. The average molecular weight is 470 g/mol. The average Bonchev–Trinajstić information content (AvgIpc) is 2.85. The van der Waals surface area contributed by atoms with Crippen molar-refractivity contribution in [3.05, 3.63) is 93.1 Å². The molecule has 0 bridgehead atoms. The molecule has 0 amide bonds. The van der Waals surface area contributed by atoms with Crippen LogP contribution < -0.4 is 16.5 Å². The fourth-order valence-corrected chi connectivity index (χ4v) is 4.10. The van der Waals surface area contributed by atoms with E-state index in [9.17, 15) is 14.7 Å². The minimum atomic E-state index is -1.02. The van der Waals surface area contributed by atoms with Gasteiger partial charge in [0, 0.05) is 47.4 Å². The molecule has 0 fully saturated rings. The number of benzene rings is 3. The van der Waals surface area contributed by atoms with Crippen molar-refractivity contribution in [2.24, 2.45) is 4.99 Å². The number of carbonyl (C=O) groups is 1. The Hall–Kier alpha value is -4.39. The van der Waals surface area contributed by atoms with Gasteiger partial charge in [0.2, 0.25) is 0 Å². The number of aromatic carboxylic acids is 1. The predicted molar refractivity (Wildman–Crippen MR) is 141 cm³/mol. The van der Waals surface area contributed by atoms with Crippen molar-refractivity contribution in [1.82, 2.24) is 0 Å². The SMILES string of the molecule is CCc1cc(C(C)Nc2ccccc2C(=O)O)c2oc(-c3ccc(N)c(C=NC)c3)cc(=O)c2c1. The Bertz CT molecular complexity index is 1500. The Labute approximate surface area is 202 Å². The van der Waals surface area contributed by atoms with Gasteiger partial charge < -0.3 is 20.6 Å².